The van der Waals surface area contributed by atoms with Gasteiger partial charge in [-0.2, -0.15) is 5.10 Å². The van der Waals surface area contributed by atoms with Crippen LogP contribution in [0.2, 0.25) is 5.02 Å². The van der Waals surface area contributed by atoms with E-state index in [0.717, 1.165) is 26.1 Å². The average molecular weight is 499 g/mol. The molecule has 7 nitrogen and oxygen atoms in total. The molecule has 0 amide bonds. The maximum absolute atomic E-state index is 15.8. The maximum Gasteiger partial charge on any atom is 0.169 e. The average Bonchev–Trinajstić information content (AvgIpc) is 3.24. The standard InChI is InChI=1S/C26H28ClFN4O3/c1-15-21-23-22(24(29-26(21)31-30-15)16-7-8-19(33)17(27)13-16)18(28)14-20(25(23)34-2)35-12-6-11-32-9-4-3-5-10-32/h7-8,13-14,33H,3-6,9-12H2,1-2H3,(H,29,30,31). The third-order valence-corrected chi connectivity index (χ3v) is 6.89. The van der Waals surface area contributed by atoms with Crippen molar-refractivity contribution in [2.75, 3.05) is 33.4 Å². The summed E-state index contributed by atoms with van der Waals surface area (Å²) >= 11 is 6.15. The first-order valence-corrected chi connectivity index (χ1v) is 12.2. The zero-order valence-electron chi connectivity index (χ0n) is 19.8. The number of nitrogens with one attached hydrogen (secondary N) is 1. The fourth-order valence-corrected chi connectivity index (χ4v) is 5.05. The fraction of sp³-hybridized carbons (Fsp3) is 0.385. The van der Waals surface area contributed by atoms with Crippen LogP contribution in [0.5, 0.6) is 17.2 Å². The molecule has 1 fully saturated rings. The topological polar surface area (TPSA) is 83.5 Å². The van der Waals surface area contributed by atoms with E-state index in [9.17, 15) is 5.11 Å². The van der Waals surface area contributed by atoms with Crippen LogP contribution in [0.25, 0.3) is 33.1 Å². The Bertz CT molecular complexity index is 1380. The lowest BCUT2D eigenvalue weighted by molar-refractivity contribution is 0.203. The Hall–Kier alpha value is -3.10. The number of H-pyrrole nitrogens is 1. The Morgan fingerprint density at radius 3 is 2.69 bits per heavy atom. The minimum Gasteiger partial charge on any atom is -0.506 e. The molecule has 1 saturated heterocycles. The summed E-state index contributed by atoms with van der Waals surface area (Å²) in [6.07, 6.45) is 4.63. The third-order valence-electron chi connectivity index (χ3n) is 6.59. The van der Waals surface area contributed by atoms with Gasteiger partial charge in [0.2, 0.25) is 0 Å². The van der Waals surface area contributed by atoms with Gasteiger partial charge in [0, 0.05) is 28.9 Å². The number of fused-ring (bicyclic) bond motifs is 3. The smallest absolute Gasteiger partial charge is 0.169 e. The summed E-state index contributed by atoms with van der Waals surface area (Å²) in [7, 11) is 1.55. The molecule has 0 unspecified atom stereocenters. The summed E-state index contributed by atoms with van der Waals surface area (Å²) in [5.41, 5.74) is 2.09. The maximum atomic E-state index is 15.8. The molecule has 35 heavy (non-hydrogen) atoms. The fourth-order valence-electron chi connectivity index (χ4n) is 4.87. The van der Waals surface area contributed by atoms with Crippen molar-refractivity contribution < 1.29 is 19.0 Å². The number of ether oxygens (including phenoxy) is 2. The highest BCUT2D eigenvalue weighted by atomic mass is 35.5. The van der Waals surface area contributed by atoms with E-state index in [1.54, 1.807) is 19.2 Å². The van der Waals surface area contributed by atoms with E-state index < -0.39 is 5.82 Å². The van der Waals surface area contributed by atoms with Crippen LogP contribution in [0.15, 0.2) is 24.3 Å². The van der Waals surface area contributed by atoms with E-state index in [1.807, 2.05) is 6.92 Å². The second-order valence-corrected chi connectivity index (χ2v) is 9.31. The Kier molecular flexibility index (Phi) is 6.67. The van der Waals surface area contributed by atoms with Gasteiger partial charge in [0.1, 0.15) is 11.6 Å². The van der Waals surface area contributed by atoms with E-state index in [-0.39, 0.29) is 16.2 Å². The first-order chi connectivity index (χ1) is 17.0. The van der Waals surface area contributed by atoms with Gasteiger partial charge in [0.25, 0.3) is 0 Å². The van der Waals surface area contributed by atoms with Crippen molar-refractivity contribution in [2.24, 2.45) is 0 Å². The van der Waals surface area contributed by atoms with E-state index >= 15 is 4.39 Å². The molecule has 2 aromatic heterocycles. The summed E-state index contributed by atoms with van der Waals surface area (Å²) in [5, 5.41) is 18.7. The second-order valence-electron chi connectivity index (χ2n) is 8.90. The molecule has 5 rings (SSSR count). The van der Waals surface area contributed by atoms with Crippen LogP contribution in [0.3, 0.4) is 0 Å². The molecule has 2 N–H and O–H groups in total. The molecule has 0 radical (unpaired) electrons. The number of piperidine rings is 1. The van der Waals surface area contributed by atoms with Gasteiger partial charge in [-0.25, -0.2) is 9.37 Å². The number of rotatable bonds is 7. The number of aromatic hydroxyl groups is 1. The molecular weight excluding hydrogens is 471 g/mol. The van der Waals surface area contributed by atoms with Gasteiger partial charge in [-0.1, -0.05) is 18.0 Å². The molecular formula is C26H28ClFN4O3. The predicted octanol–water partition coefficient (Wildman–Crippen LogP) is 5.85. The predicted molar refractivity (Wildman–Crippen MR) is 135 cm³/mol. The molecule has 9 heteroatoms. The highest BCUT2D eigenvalue weighted by Gasteiger charge is 2.24. The van der Waals surface area contributed by atoms with Gasteiger partial charge in [-0.3, -0.25) is 5.10 Å². The van der Waals surface area contributed by atoms with E-state index in [1.165, 1.54) is 31.4 Å². The quantitative estimate of drug-likeness (QED) is 0.311. The van der Waals surface area contributed by atoms with Crippen molar-refractivity contribution in [2.45, 2.75) is 32.6 Å². The lowest BCUT2D eigenvalue weighted by atomic mass is 9.99. The summed E-state index contributed by atoms with van der Waals surface area (Å²) in [6, 6.07) is 6.03. The Labute approximate surface area is 207 Å². The lowest BCUT2D eigenvalue weighted by Crippen LogP contribution is -2.31. The van der Waals surface area contributed by atoms with Gasteiger partial charge in [0.15, 0.2) is 17.1 Å². The summed E-state index contributed by atoms with van der Waals surface area (Å²) in [4.78, 5) is 7.11. The van der Waals surface area contributed by atoms with Crippen molar-refractivity contribution in [1.29, 1.82) is 0 Å². The number of methoxy groups -OCH3 is 1. The monoisotopic (exact) mass is 498 g/mol. The number of pyridine rings is 1. The minimum atomic E-state index is -0.485. The molecule has 0 atom stereocenters. The van der Waals surface area contributed by atoms with Gasteiger partial charge in [0.05, 0.1) is 35.5 Å². The van der Waals surface area contributed by atoms with Crippen molar-refractivity contribution >= 4 is 33.4 Å². The number of hydrogen-bond acceptors (Lipinski definition) is 6. The van der Waals surface area contributed by atoms with Crippen LogP contribution < -0.4 is 9.47 Å². The molecule has 0 saturated carbocycles. The Balaban J connectivity index is 1.58. The van der Waals surface area contributed by atoms with Crippen LogP contribution >= 0.6 is 11.6 Å². The largest absolute Gasteiger partial charge is 0.506 e. The number of phenolic OH excluding ortho intramolecular Hbond substituents is 1. The number of likely N-dealkylation sites (tertiary alicyclic amines) is 1. The van der Waals surface area contributed by atoms with Crippen LogP contribution in [-0.4, -0.2) is 58.5 Å². The number of aromatic nitrogens is 3. The van der Waals surface area contributed by atoms with Gasteiger partial charge < -0.3 is 19.5 Å². The van der Waals surface area contributed by atoms with Crippen LogP contribution in [0.1, 0.15) is 31.4 Å². The van der Waals surface area contributed by atoms with Crippen molar-refractivity contribution in [3.63, 3.8) is 0 Å². The molecule has 184 valence electrons. The Morgan fingerprint density at radius 1 is 1.14 bits per heavy atom. The lowest BCUT2D eigenvalue weighted by Gasteiger charge is -2.26. The van der Waals surface area contributed by atoms with Crippen molar-refractivity contribution in [3.8, 4) is 28.5 Å². The molecule has 2 aromatic carbocycles. The van der Waals surface area contributed by atoms with E-state index in [4.69, 9.17) is 21.1 Å². The molecule has 1 aliphatic heterocycles. The van der Waals surface area contributed by atoms with Crippen LogP contribution in [0.4, 0.5) is 4.39 Å². The number of phenols is 1. The van der Waals surface area contributed by atoms with E-state index in [0.29, 0.717) is 51.5 Å². The molecule has 0 spiro atoms. The Morgan fingerprint density at radius 2 is 1.94 bits per heavy atom. The van der Waals surface area contributed by atoms with Crippen molar-refractivity contribution in [1.82, 2.24) is 20.1 Å². The van der Waals surface area contributed by atoms with E-state index in [2.05, 4.69) is 20.1 Å². The van der Waals surface area contributed by atoms with Gasteiger partial charge in [-0.05, 0) is 57.5 Å². The number of benzene rings is 2. The number of nitrogens with zero attached hydrogens (tertiary/aromatic N) is 3. The molecule has 0 aliphatic carbocycles. The second kappa shape index (κ2) is 9.87. The van der Waals surface area contributed by atoms with Gasteiger partial charge in [-0.15, -0.1) is 0 Å². The van der Waals surface area contributed by atoms with Crippen LogP contribution in [0, 0.1) is 12.7 Å². The highest BCUT2D eigenvalue weighted by Crippen LogP contribution is 2.45. The number of aryl methyl sites for hydroxylation is 1. The highest BCUT2D eigenvalue weighted by molar-refractivity contribution is 6.32. The van der Waals surface area contributed by atoms with Gasteiger partial charge >= 0.3 is 0 Å². The number of hydrogen-bond donors (Lipinski definition) is 2. The molecule has 3 heterocycles. The summed E-state index contributed by atoms with van der Waals surface area (Å²) < 4.78 is 27.6. The molecule has 0 bridgehead atoms. The van der Waals surface area contributed by atoms with Crippen LogP contribution in [-0.2, 0) is 0 Å². The zero-order chi connectivity index (χ0) is 24.5. The molecule has 1 aliphatic rings. The molecule has 4 aromatic rings. The summed E-state index contributed by atoms with van der Waals surface area (Å²) in [5.74, 6) is 0.235. The third kappa shape index (κ3) is 4.48. The first kappa shape index (κ1) is 23.6. The normalized spacial score (nSPS) is 14.6. The van der Waals surface area contributed by atoms with Crippen molar-refractivity contribution in [3.05, 3.63) is 40.8 Å². The SMILES string of the molecule is COc1c(OCCCN2CCCCC2)cc(F)c2c(-c3ccc(O)c(Cl)c3)nc3[nH]nc(C)c3c12. The minimum absolute atomic E-state index is 0.0588. The zero-order valence-corrected chi connectivity index (χ0v) is 20.6. The number of aromatic amines is 1. The number of halogens is 2. The summed E-state index contributed by atoms with van der Waals surface area (Å²) in [6.45, 7) is 5.50. The first-order valence-electron chi connectivity index (χ1n) is 11.9.